The lowest BCUT2D eigenvalue weighted by molar-refractivity contribution is -0.174. The van der Waals surface area contributed by atoms with Gasteiger partial charge in [-0.3, -0.25) is 4.90 Å². The lowest BCUT2D eigenvalue weighted by atomic mass is 9.51. The highest BCUT2D eigenvalue weighted by Gasteiger charge is 2.59. The molecule has 3 rings (SSSR count). The van der Waals surface area contributed by atoms with Gasteiger partial charge in [-0.05, 0) is 25.7 Å². The average molecular weight is 393 g/mol. The van der Waals surface area contributed by atoms with Gasteiger partial charge in [0.15, 0.2) is 0 Å². The summed E-state index contributed by atoms with van der Waals surface area (Å²) < 4.78 is 46.2. The number of amides is 2. The highest BCUT2D eigenvalue weighted by atomic mass is 19.4. The molecule has 6 nitrogen and oxygen atoms in total. The van der Waals surface area contributed by atoms with Crippen molar-refractivity contribution in [1.29, 1.82) is 0 Å². The quantitative estimate of drug-likeness (QED) is 0.674. The average Bonchev–Trinajstić information content (AvgIpc) is 2.56. The summed E-state index contributed by atoms with van der Waals surface area (Å²) in [5, 5.41) is 3.19. The van der Waals surface area contributed by atoms with Crippen molar-refractivity contribution in [1.82, 2.24) is 15.1 Å². The van der Waals surface area contributed by atoms with Gasteiger partial charge in [0.05, 0.1) is 6.10 Å². The lowest BCUT2D eigenvalue weighted by Gasteiger charge is -2.60. The molecule has 0 aromatic heterocycles. The lowest BCUT2D eigenvalue weighted by Crippen LogP contribution is -2.69. The number of nitrogens with zero attached hydrogens (tertiary/aromatic N) is 2. The van der Waals surface area contributed by atoms with E-state index in [4.69, 9.17) is 4.74 Å². The van der Waals surface area contributed by atoms with E-state index in [-0.39, 0.29) is 30.2 Å². The van der Waals surface area contributed by atoms with Gasteiger partial charge >= 0.3 is 12.2 Å². The largest absolute Gasteiger partial charge is 0.411 e. The second-order valence-electron chi connectivity index (χ2n) is 7.90. The van der Waals surface area contributed by atoms with E-state index in [1.807, 2.05) is 4.90 Å². The molecular formula is C18H30F3N3O3. The molecule has 0 bridgehead atoms. The molecule has 0 radical (unpaired) electrons. The fraction of sp³-hybridized carbons (Fsp3) is 0.944. The summed E-state index contributed by atoms with van der Waals surface area (Å²) in [6.45, 7) is 2.37. The van der Waals surface area contributed by atoms with Crippen LogP contribution in [0.3, 0.4) is 0 Å². The van der Waals surface area contributed by atoms with Crippen LogP contribution in [-0.2, 0) is 9.47 Å². The molecule has 2 aliphatic carbocycles. The molecule has 2 saturated carbocycles. The molecule has 0 aromatic carbocycles. The van der Waals surface area contributed by atoms with Crippen molar-refractivity contribution in [3.05, 3.63) is 0 Å². The van der Waals surface area contributed by atoms with E-state index < -0.39 is 12.8 Å². The summed E-state index contributed by atoms with van der Waals surface area (Å²) in [5.74, 6) is 0. The number of hydrogen-bond donors (Lipinski definition) is 1. The van der Waals surface area contributed by atoms with E-state index in [0.29, 0.717) is 26.1 Å². The maximum absolute atomic E-state index is 12.6. The zero-order chi connectivity index (χ0) is 19.5. The minimum Gasteiger partial charge on any atom is -0.381 e. The van der Waals surface area contributed by atoms with Crippen molar-refractivity contribution >= 4 is 6.03 Å². The van der Waals surface area contributed by atoms with Crippen LogP contribution in [0.1, 0.15) is 32.1 Å². The Hall–Kier alpha value is -1.06. The van der Waals surface area contributed by atoms with E-state index in [1.165, 1.54) is 6.42 Å². The first kappa shape index (κ1) is 20.7. The van der Waals surface area contributed by atoms with Crippen molar-refractivity contribution < 1.29 is 27.4 Å². The van der Waals surface area contributed by atoms with Gasteiger partial charge in [0, 0.05) is 57.9 Å². The summed E-state index contributed by atoms with van der Waals surface area (Å²) in [5.41, 5.74) is 0.155. The number of piperazine rings is 1. The third-order valence-electron chi connectivity index (χ3n) is 6.34. The Morgan fingerprint density at radius 2 is 1.93 bits per heavy atom. The molecule has 1 spiro atoms. The van der Waals surface area contributed by atoms with Gasteiger partial charge in [0.25, 0.3) is 0 Å². The first-order valence-corrected chi connectivity index (χ1v) is 9.79. The van der Waals surface area contributed by atoms with Crippen molar-refractivity contribution in [3.63, 3.8) is 0 Å². The summed E-state index contributed by atoms with van der Waals surface area (Å²) >= 11 is 0. The number of carbonyl (C=O) groups is 1. The number of carbonyl (C=O) groups excluding carboxylic acids is 1. The maximum Gasteiger partial charge on any atom is 0.411 e. The molecule has 0 aromatic rings. The van der Waals surface area contributed by atoms with Gasteiger partial charge < -0.3 is 19.7 Å². The normalized spacial score (nSPS) is 27.9. The zero-order valence-corrected chi connectivity index (χ0v) is 15.9. The van der Waals surface area contributed by atoms with E-state index in [1.54, 1.807) is 7.11 Å². The molecule has 27 heavy (non-hydrogen) atoms. The van der Waals surface area contributed by atoms with Gasteiger partial charge in [-0.25, -0.2) is 4.79 Å². The van der Waals surface area contributed by atoms with Crippen LogP contribution in [0.25, 0.3) is 0 Å². The highest BCUT2D eigenvalue weighted by Crippen LogP contribution is 2.57. The van der Waals surface area contributed by atoms with Crippen LogP contribution in [0.15, 0.2) is 0 Å². The summed E-state index contributed by atoms with van der Waals surface area (Å²) in [6.07, 6.45) is 0.915. The fourth-order valence-electron chi connectivity index (χ4n) is 4.53. The molecule has 2 unspecified atom stereocenters. The number of alkyl halides is 3. The van der Waals surface area contributed by atoms with Crippen molar-refractivity contribution in [2.45, 2.75) is 50.4 Å². The van der Waals surface area contributed by atoms with Crippen molar-refractivity contribution in [2.75, 3.05) is 53.0 Å². The summed E-state index contributed by atoms with van der Waals surface area (Å²) in [4.78, 5) is 16.6. The monoisotopic (exact) mass is 393 g/mol. The Bertz CT molecular complexity index is 506. The number of methoxy groups -OCH3 is 1. The number of rotatable bonds is 7. The molecule has 1 saturated heterocycles. The van der Waals surface area contributed by atoms with Crippen LogP contribution < -0.4 is 5.32 Å². The zero-order valence-electron chi connectivity index (χ0n) is 15.9. The minimum absolute atomic E-state index is 0.00557. The van der Waals surface area contributed by atoms with Crippen LogP contribution >= 0.6 is 0 Å². The molecule has 1 aliphatic heterocycles. The first-order valence-electron chi connectivity index (χ1n) is 9.79. The number of ether oxygens (including phenoxy) is 2. The molecule has 2 amide bonds. The number of hydrogen-bond acceptors (Lipinski definition) is 4. The number of halogens is 3. The van der Waals surface area contributed by atoms with E-state index in [2.05, 4.69) is 15.0 Å². The van der Waals surface area contributed by atoms with Crippen LogP contribution in [0, 0.1) is 5.41 Å². The minimum atomic E-state index is -4.26. The van der Waals surface area contributed by atoms with Crippen LogP contribution in [0.2, 0.25) is 0 Å². The third-order valence-corrected chi connectivity index (χ3v) is 6.34. The Morgan fingerprint density at radius 1 is 1.22 bits per heavy atom. The van der Waals surface area contributed by atoms with Gasteiger partial charge in [-0.1, -0.05) is 6.42 Å². The SMILES string of the molecule is COC1CC(NC(=O)N2CCN(CCCOCC(F)(F)F)CC2)C12CCC2. The number of nitrogens with one attached hydrogen (secondary N) is 1. The molecule has 1 N–H and O–H groups in total. The van der Waals surface area contributed by atoms with Gasteiger partial charge in [-0.2, -0.15) is 13.2 Å². The van der Waals surface area contributed by atoms with Crippen LogP contribution in [0.5, 0.6) is 0 Å². The molecule has 3 aliphatic rings. The molecule has 2 atom stereocenters. The summed E-state index contributed by atoms with van der Waals surface area (Å²) in [6, 6.07) is 0.210. The van der Waals surface area contributed by atoms with Gasteiger partial charge in [0.2, 0.25) is 0 Å². The highest BCUT2D eigenvalue weighted by molar-refractivity contribution is 5.75. The molecule has 9 heteroatoms. The van der Waals surface area contributed by atoms with Crippen LogP contribution in [-0.4, -0.2) is 87.2 Å². The molecular weight excluding hydrogens is 363 g/mol. The van der Waals surface area contributed by atoms with Crippen molar-refractivity contribution in [2.24, 2.45) is 5.41 Å². The Labute approximate surface area is 158 Å². The molecule has 3 fully saturated rings. The predicted molar refractivity (Wildman–Crippen MR) is 93.5 cm³/mol. The summed E-state index contributed by atoms with van der Waals surface area (Å²) in [7, 11) is 1.75. The standard InChI is InChI=1S/C18H30F3N3O3/c1-26-15-12-14(17(15)4-2-5-17)22-16(25)24-9-7-23(8-10-24)6-3-11-27-13-18(19,20)21/h14-15H,2-13H2,1H3,(H,22,25). The molecule has 156 valence electrons. The van der Waals surface area contributed by atoms with E-state index >= 15 is 0 Å². The van der Waals surface area contributed by atoms with E-state index in [0.717, 1.165) is 32.4 Å². The fourth-order valence-corrected chi connectivity index (χ4v) is 4.53. The van der Waals surface area contributed by atoms with Gasteiger partial charge in [0.1, 0.15) is 6.61 Å². The number of urea groups is 1. The second kappa shape index (κ2) is 8.53. The Kier molecular flexibility index (Phi) is 6.53. The van der Waals surface area contributed by atoms with Crippen LogP contribution in [0.4, 0.5) is 18.0 Å². The topological polar surface area (TPSA) is 54.0 Å². The Balaban J connectivity index is 1.31. The van der Waals surface area contributed by atoms with E-state index in [9.17, 15) is 18.0 Å². The van der Waals surface area contributed by atoms with Gasteiger partial charge in [-0.15, -0.1) is 0 Å². The maximum atomic E-state index is 12.6. The first-order chi connectivity index (χ1) is 12.8. The second-order valence-corrected chi connectivity index (χ2v) is 7.90. The van der Waals surface area contributed by atoms with Crippen molar-refractivity contribution in [3.8, 4) is 0 Å². The predicted octanol–water partition coefficient (Wildman–Crippen LogP) is 2.24. The third kappa shape index (κ3) is 4.86. The Morgan fingerprint density at radius 3 is 2.48 bits per heavy atom. The smallest absolute Gasteiger partial charge is 0.381 e. The molecule has 1 heterocycles.